The lowest BCUT2D eigenvalue weighted by atomic mass is 10.1. The number of nitrogens with two attached hydrogens (primary N) is 1. The number of aromatic amines is 1. The van der Waals surface area contributed by atoms with Gasteiger partial charge in [-0.05, 0) is 56.4 Å². The molecule has 0 amide bonds. The van der Waals surface area contributed by atoms with Gasteiger partial charge in [0.15, 0.2) is 0 Å². The van der Waals surface area contributed by atoms with Crippen molar-refractivity contribution in [3.05, 3.63) is 65.7 Å². The van der Waals surface area contributed by atoms with Gasteiger partial charge in [0, 0.05) is 38.8 Å². The van der Waals surface area contributed by atoms with E-state index in [1.807, 2.05) is 61.6 Å². The van der Waals surface area contributed by atoms with Gasteiger partial charge in [-0.2, -0.15) is 0 Å². The van der Waals surface area contributed by atoms with Crippen molar-refractivity contribution in [1.82, 2.24) is 10.3 Å². The molecule has 0 atom stereocenters. The van der Waals surface area contributed by atoms with Crippen LogP contribution in [0.4, 0.5) is 11.4 Å². The Morgan fingerprint density at radius 1 is 1.07 bits per heavy atom. The van der Waals surface area contributed by atoms with Gasteiger partial charge in [0.1, 0.15) is 5.75 Å². The summed E-state index contributed by atoms with van der Waals surface area (Å²) in [5.74, 6) is 0.842. The van der Waals surface area contributed by atoms with Crippen LogP contribution in [0, 0.1) is 5.41 Å². The second-order valence-corrected chi connectivity index (χ2v) is 7.11. The van der Waals surface area contributed by atoms with Gasteiger partial charge in [0.05, 0.1) is 18.5 Å². The number of H-pyrrole nitrogens is 1. The molecule has 0 bridgehead atoms. The zero-order valence-electron chi connectivity index (χ0n) is 16.8. The Morgan fingerprint density at radius 2 is 1.83 bits per heavy atom. The predicted octanol–water partition coefficient (Wildman–Crippen LogP) is 5.26. The largest absolute Gasteiger partial charge is 0.491 e. The highest BCUT2D eigenvalue weighted by Gasteiger charge is 2.12. The van der Waals surface area contributed by atoms with Crippen LogP contribution in [-0.4, -0.2) is 31.5 Å². The molecule has 6 N–H and O–H groups in total. The fourth-order valence-electron chi connectivity index (χ4n) is 3.25. The quantitative estimate of drug-likeness (QED) is 0.159. The van der Waals surface area contributed by atoms with Crippen molar-refractivity contribution in [3.63, 3.8) is 0 Å². The Balaban J connectivity index is 0.000000806. The summed E-state index contributed by atoms with van der Waals surface area (Å²) < 4.78 is 6.12. The number of fused-ring (bicyclic) bond motifs is 3. The van der Waals surface area contributed by atoms with Crippen LogP contribution >= 0.6 is 11.6 Å². The van der Waals surface area contributed by atoms with E-state index in [9.17, 15) is 0 Å². The van der Waals surface area contributed by atoms with E-state index in [2.05, 4.69) is 27.4 Å². The van der Waals surface area contributed by atoms with Gasteiger partial charge in [-0.25, -0.2) is 0 Å². The number of ether oxygens (including phenoxy) is 1. The number of benzene rings is 3. The lowest BCUT2D eigenvalue weighted by Crippen LogP contribution is -2.11. The first kappa shape index (κ1) is 21.5. The second-order valence-electron chi connectivity index (χ2n) is 6.68. The highest BCUT2D eigenvalue weighted by molar-refractivity contribution is 6.32. The fourth-order valence-corrected chi connectivity index (χ4v) is 3.42. The minimum Gasteiger partial charge on any atom is -0.491 e. The van der Waals surface area contributed by atoms with Crippen LogP contribution in [0.3, 0.4) is 0 Å². The summed E-state index contributed by atoms with van der Waals surface area (Å²) in [6.07, 6.45) is 1.69. The third kappa shape index (κ3) is 5.23. The lowest BCUT2D eigenvalue weighted by Gasteiger charge is -2.12. The molecule has 3 aromatic carbocycles. The summed E-state index contributed by atoms with van der Waals surface area (Å²) in [6.45, 7) is 1.58. The van der Waals surface area contributed by atoms with Crippen molar-refractivity contribution in [2.24, 2.45) is 5.73 Å². The van der Waals surface area contributed by atoms with Gasteiger partial charge in [0.2, 0.25) is 0 Å². The minimum atomic E-state index is 0.654. The molecule has 0 saturated carbocycles. The molecule has 0 radical (unpaired) electrons. The maximum absolute atomic E-state index is 6.24. The summed E-state index contributed by atoms with van der Waals surface area (Å²) in [6, 6.07) is 20.2. The van der Waals surface area contributed by atoms with E-state index in [0.717, 1.165) is 63.3 Å². The maximum atomic E-state index is 6.24. The summed E-state index contributed by atoms with van der Waals surface area (Å²) in [4.78, 5) is 3.48. The van der Waals surface area contributed by atoms with Gasteiger partial charge < -0.3 is 26.1 Å². The Morgan fingerprint density at radius 3 is 2.57 bits per heavy atom. The van der Waals surface area contributed by atoms with Crippen molar-refractivity contribution in [2.75, 3.05) is 25.5 Å². The summed E-state index contributed by atoms with van der Waals surface area (Å²) in [5, 5.41) is 15.4. The van der Waals surface area contributed by atoms with Gasteiger partial charge in [-0.15, -0.1) is 0 Å². The summed E-state index contributed by atoms with van der Waals surface area (Å²) in [5.41, 5.74) is 8.45. The molecule has 6 nitrogen and oxygen atoms in total. The number of halogens is 1. The van der Waals surface area contributed by atoms with E-state index >= 15 is 0 Å². The topological polar surface area (TPSA) is 99.0 Å². The molecule has 0 aliphatic rings. The molecule has 4 rings (SSSR count). The number of hydrogen-bond donors (Lipinski definition) is 5. The molecule has 30 heavy (non-hydrogen) atoms. The lowest BCUT2D eigenvalue weighted by molar-refractivity contribution is 0.313. The smallest absolute Gasteiger partial charge is 0.145 e. The first-order valence-electron chi connectivity index (χ1n) is 9.71. The zero-order chi connectivity index (χ0) is 21.3. The molecule has 1 aromatic heterocycles. The van der Waals surface area contributed by atoms with Crippen LogP contribution in [0.2, 0.25) is 5.02 Å². The molecule has 0 aliphatic carbocycles. The minimum absolute atomic E-state index is 0.654. The molecule has 0 aliphatic heterocycles. The average Bonchev–Trinajstić information content (AvgIpc) is 3.10. The van der Waals surface area contributed by atoms with Crippen molar-refractivity contribution in [2.45, 2.75) is 6.42 Å². The Bertz CT molecular complexity index is 1110. The molecule has 0 saturated heterocycles. The second kappa shape index (κ2) is 10.5. The predicted molar refractivity (Wildman–Crippen MR) is 128 cm³/mol. The Hall–Kier alpha value is -3.22. The van der Waals surface area contributed by atoms with E-state index in [1.165, 1.54) is 0 Å². The number of aromatic nitrogens is 1. The van der Waals surface area contributed by atoms with Gasteiger partial charge >= 0.3 is 0 Å². The van der Waals surface area contributed by atoms with Crippen LogP contribution in [0.5, 0.6) is 5.75 Å². The summed E-state index contributed by atoms with van der Waals surface area (Å²) in [7, 11) is 1.95. The van der Waals surface area contributed by atoms with Gasteiger partial charge in [-0.3, -0.25) is 5.41 Å². The van der Waals surface area contributed by atoms with Crippen LogP contribution in [0.15, 0.2) is 60.7 Å². The zero-order valence-corrected chi connectivity index (χ0v) is 17.6. The SMILES string of the molecule is CNCCCOc1cc(Nc2ccccc2)cc2c1[nH]c1ccc(Cl)cc12.N=CN. The molecule has 0 unspecified atom stereocenters. The first-order valence-corrected chi connectivity index (χ1v) is 10.1. The van der Waals surface area contributed by atoms with E-state index in [4.69, 9.17) is 21.7 Å². The van der Waals surface area contributed by atoms with Crippen LogP contribution in [-0.2, 0) is 0 Å². The van der Waals surface area contributed by atoms with Crippen LogP contribution in [0.1, 0.15) is 6.42 Å². The number of para-hydroxylation sites is 1. The highest BCUT2D eigenvalue weighted by Crippen LogP contribution is 2.36. The fraction of sp³-hybridized carbons (Fsp3) is 0.174. The van der Waals surface area contributed by atoms with Crippen molar-refractivity contribution in [3.8, 4) is 5.75 Å². The van der Waals surface area contributed by atoms with Crippen molar-refractivity contribution >= 4 is 51.1 Å². The molecule has 156 valence electrons. The van der Waals surface area contributed by atoms with E-state index < -0.39 is 0 Å². The average molecular weight is 424 g/mol. The van der Waals surface area contributed by atoms with Crippen molar-refractivity contribution < 1.29 is 4.74 Å². The molecular formula is C23H26ClN5O. The summed E-state index contributed by atoms with van der Waals surface area (Å²) >= 11 is 6.24. The molecule has 0 fully saturated rings. The molecular weight excluding hydrogens is 398 g/mol. The molecule has 0 spiro atoms. The first-order chi connectivity index (χ1) is 14.7. The van der Waals surface area contributed by atoms with Crippen LogP contribution in [0.25, 0.3) is 21.8 Å². The van der Waals surface area contributed by atoms with E-state index in [0.29, 0.717) is 6.61 Å². The number of rotatable bonds is 7. The van der Waals surface area contributed by atoms with E-state index in [-0.39, 0.29) is 0 Å². The van der Waals surface area contributed by atoms with Crippen molar-refractivity contribution in [1.29, 1.82) is 5.41 Å². The van der Waals surface area contributed by atoms with E-state index in [1.54, 1.807) is 0 Å². The van der Waals surface area contributed by atoms with Gasteiger partial charge in [0.25, 0.3) is 0 Å². The molecule has 1 heterocycles. The molecule has 7 heteroatoms. The monoisotopic (exact) mass is 423 g/mol. The maximum Gasteiger partial charge on any atom is 0.145 e. The number of nitrogens with one attached hydrogen (secondary N) is 4. The molecule has 4 aromatic rings. The van der Waals surface area contributed by atoms with Crippen LogP contribution < -0.4 is 21.1 Å². The third-order valence-corrected chi connectivity index (χ3v) is 4.76. The normalized spacial score (nSPS) is 10.5. The van der Waals surface area contributed by atoms with Gasteiger partial charge in [-0.1, -0.05) is 29.8 Å². The number of anilines is 2. The Labute approximate surface area is 180 Å². The third-order valence-electron chi connectivity index (χ3n) is 4.52. The highest BCUT2D eigenvalue weighted by atomic mass is 35.5. The standard InChI is InChI=1S/C22H22ClN3O.CH4N2/c1-24-10-5-11-27-21-14-17(25-16-6-3-2-4-7-16)13-19-18-12-15(23)8-9-20(18)26-22(19)21;2-1-3/h2-4,6-9,12-14,24-26H,5,10-11H2,1H3;1H,(H3,2,3). The number of hydrogen-bond acceptors (Lipinski definition) is 4. The Kier molecular flexibility index (Phi) is 7.54.